The Hall–Kier alpha value is -1.36. The first-order valence-electron chi connectivity index (χ1n) is 5.18. The second kappa shape index (κ2) is 6.00. The van der Waals surface area contributed by atoms with Gasteiger partial charge in [-0.25, -0.2) is 9.97 Å². The SMILES string of the molecule is CCN(Cc1cnc(Cl)s1)c1csc(NC#N)n1. The molecular weight excluding hydrogens is 290 g/mol. The Morgan fingerprint density at radius 3 is 3.06 bits per heavy atom. The van der Waals surface area contributed by atoms with Gasteiger partial charge in [-0.1, -0.05) is 11.6 Å². The van der Waals surface area contributed by atoms with E-state index in [1.807, 2.05) is 11.6 Å². The van der Waals surface area contributed by atoms with Crippen molar-refractivity contribution in [1.82, 2.24) is 9.97 Å². The van der Waals surface area contributed by atoms with Gasteiger partial charge in [-0.15, -0.1) is 22.7 Å². The summed E-state index contributed by atoms with van der Waals surface area (Å²) < 4.78 is 0.547. The summed E-state index contributed by atoms with van der Waals surface area (Å²) in [5, 5.41) is 13.6. The highest BCUT2D eigenvalue weighted by atomic mass is 35.5. The Morgan fingerprint density at radius 1 is 1.61 bits per heavy atom. The van der Waals surface area contributed by atoms with Gasteiger partial charge < -0.3 is 4.90 Å². The topological polar surface area (TPSA) is 64.8 Å². The number of hydrogen-bond acceptors (Lipinski definition) is 7. The van der Waals surface area contributed by atoms with Crippen molar-refractivity contribution in [3.63, 3.8) is 0 Å². The van der Waals surface area contributed by atoms with Crippen molar-refractivity contribution < 1.29 is 0 Å². The van der Waals surface area contributed by atoms with Crippen LogP contribution in [0.25, 0.3) is 0 Å². The molecule has 0 aliphatic carbocycles. The lowest BCUT2D eigenvalue weighted by Crippen LogP contribution is -2.21. The summed E-state index contributed by atoms with van der Waals surface area (Å²) in [6.07, 6.45) is 3.64. The van der Waals surface area contributed by atoms with Gasteiger partial charge in [0, 0.05) is 23.0 Å². The number of rotatable bonds is 5. The van der Waals surface area contributed by atoms with Crippen molar-refractivity contribution >= 4 is 45.2 Å². The highest BCUT2D eigenvalue weighted by Gasteiger charge is 2.11. The van der Waals surface area contributed by atoms with Crippen molar-refractivity contribution in [2.45, 2.75) is 13.5 Å². The molecule has 0 aliphatic heterocycles. The van der Waals surface area contributed by atoms with Crippen LogP contribution in [0.4, 0.5) is 10.9 Å². The molecule has 0 saturated heterocycles. The van der Waals surface area contributed by atoms with Crippen molar-refractivity contribution in [1.29, 1.82) is 5.26 Å². The Balaban J connectivity index is 2.10. The Kier molecular flexibility index (Phi) is 4.36. The molecule has 0 amide bonds. The standard InChI is InChI=1S/C10H10ClN5S2/c1-2-16(4-7-3-13-9(11)18-7)8-5-17-10(15-8)14-6-12/h3,5H,2,4H2,1H3,(H,14,15). The first-order valence-corrected chi connectivity index (χ1v) is 7.26. The normalized spacial score (nSPS) is 10.1. The maximum absolute atomic E-state index is 8.53. The Morgan fingerprint density at radius 2 is 2.44 bits per heavy atom. The van der Waals surface area contributed by atoms with Crippen LogP contribution in [0, 0.1) is 11.5 Å². The van der Waals surface area contributed by atoms with Crippen LogP contribution in [0.1, 0.15) is 11.8 Å². The van der Waals surface area contributed by atoms with Gasteiger partial charge in [0.05, 0.1) is 6.54 Å². The van der Waals surface area contributed by atoms with Crippen molar-refractivity contribution in [2.24, 2.45) is 0 Å². The second-order valence-electron chi connectivity index (χ2n) is 3.34. The summed E-state index contributed by atoms with van der Waals surface area (Å²) in [5.74, 6) is 0.852. The molecule has 0 radical (unpaired) electrons. The fourth-order valence-electron chi connectivity index (χ4n) is 1.42. The molecule has 0 bridgehead atoms. The van der Waals surface area contributed by atoms with Crippen molar-refractivity contribution in [2.75, 3.05) is 16.8 Å². The largest absolute Gasteiger partial charge is 0.351 e. The third-order valence-electron chi connectivity index (χ3n) is 2.23. The second-order valence-corrected chi connectivity index (χ2v) is 5.90. The maximum atomic E-state index is 8.53. The smallest absolute Gasteiger partial charge is 0.197 e. The lowest BCUT2D eigenvalue weighted by Gasteiger charge is -2.18. The number of nitriles is 1. The van der Waals surface area contributed by atoms with E-state index in [4.69, 9.17) is 16.9 Å². The molecule has 0 spiro atoms. The molecule has 18 heavy (non-hydrogen) atoms. The van der Waals surface area contributed by atoms with E-state index in [-0.39, 0.29) is 0 Å². The van der Waals surface area contributed by atoms with Crippen LogP contribution < -0.4 is 10.2 Å². The predicted molar refractivity (Wildman–Crippen MR) is 75.2 cm³/mol. The number of nitrogens with one attached hydrogen (secondary N) is 1. The van der Waals surface area contributed by atoms with Crippen LogP contribution in [0.15, 0.2) is 11.6 Å². The van der Waals surface area contributed by atoms with E-state index in [2.05, 4.69) is 27.1 Å². The first kappa shape index (κ1) is 13.1. The maximum Gasteiger partial charge on any atom is 0.197 e. The molecule has 2 heterocycles. The minimum absolute atomic E-state index is 0.547. The van der Waals surface area contributed by atoms with Crippen molar-refractivity contribution in [3.05, 3.63) is 20.9 Å². The monoisotopic (exact) mass is 299 g/mol. The van der Waals surface area contributed by atoms with Crippen LogP contribution in [0.2, 0.25) is 4.47 Å². The zero-order valence-corrected chi connectivity index (χ0v) is 11.9. The summed E-state index contributed by atoms with van der Waals surface area (Å²) in [4.78, 5) is 11.5. The zero-order valence-electron chi connectivity index (χ0n) is 9.55. The minimum Gasteiger partial charge on any atom is -0.351 e. The van der Waals surface area contributed by atoms with Crippen molar-refractivity contribution in [3.8, 4) is 6.19 Å². The van der Waals surface area contributed by atoms with Gasteiger partial charge in [0.1, 0.15) is 5.82 Å². The van der Waals surface area contributed by atoms with Crippen LogP contribution in [0.3, 0.4) is 0 Å². The van der Waals surface area contributed by atoms with E-state index in [1.54, 1.807) is 6.20 Å². The summed E-state index contributed by atoms with van der Waals surface area (Å²) in [7, 11) is 0. The molecule has 2 rings (SSSR count). The number of hydrogen-bond donors (Lipinski definition) is 1. The van der Waals surface area contributed by atoms with Crippen LogP contribution in [-0.2, 0) is 6.54 Å². The van der Waals surface area contributed by atoms with E-state index in [0.29, 0.717) is 9.60 Å². The molecule has 1 N–H and O–H groups in total. The molecule has 0 unspecified atom stereocenters. The van der Waals surface area contributed by atoms with Gasteiger partial charge in [-0.05, 0) is 6.92 Å². The van der Waals surface area contributed by atoms with Crippen LogP contribution in [0.5, 0.6) is 0 Å². The molecule has 2 aromatic rings. The first-order chi connectivity index (χ1) is 8.72. The molecule has 0 fully saturated rings. The number of thiazole rings is 2. The summed E-state index contributed by atoms with van der Waals surface area (Å²) >= 11 is 8.68. The average molecular weight is 300 g/mol. The highest BCUT2D eigenvalue weighted by Crippen LogP contribution is 2.25. The molecule has 0 aliphatic rings. The lowest BCUT2D eigenvalue weighted by molar-refractivity contribution is 0.827. The van der Waals surface area contributed by atoms with Gasteiger partial charge in [0.15, 0.2) is 15.8 Å². The third kappa shape index (κ3) is 3.10. The molecule has 8 heteroatoms. The third-order valence-corrected chi connectivity index (χ3v) is 4.08. The van der Waals surface area contributed by atoms with Gasteiger partial charge in [-0.2, -0.15) is 5.26 Å². The average Bonchev–Trinajstić information content (AvgIpc) is 2.96. The quantitative estimate of drug-likeness (QED) is 0.678. The highest BCUT2D eigenvalue weighted by molar-refractivity contribution is 7.15. The van der Waals surface area contributed by atoms with E-state index in [1.165, 1.54) is 22.7 Å². The van der Waals surface area contributed by atoms with E-state index in [9.17, 15) is 0 Å². The number of anilines is 2. The number of nitrogens with zero attached hydrogens (tertiary/aromatic N) is 4. The summed E-state index contributed by atoms with van der Waals surface area (Å²) in [5.41, 5.74) is 0. The summed E-state index contributed by atoms with van der Waals surface area (Å²) in [6, 6.07) is 0. The van der Waals surface area contributed by atoms with Crippen LogP contribution in [-0.4, -0.2) is 16.5 Å². The zero-order chi connectivity index (χ0) is 13.0. The van der Waals surface area contributed by atoms with Gasteiger partial charge in [-0.3, -0.25) is 5.32 Å². The Labute approximate surface area is 118 Å². The van der Waals surface area contributed by atoms with Gasteiger partial charge >= 0.3 is 0 Å². The minimum atomic E-state index is 0.547. The molecular formula is C10H10ClN5S2. The van der Waals surface area contributed by atoms with Gasteiger partial charge in [0.2, 0.25) is 0 Å². The van der Waals surface area contributed by atoms with Crippen LogP contribution >= 0.6 is 34.3 Å². The fraction of sp³-hybridized carbons (Fsp3) is 0.300. The number of halogens is 1. The number of aromatic nitrogens is 2. The summed E-state index contributed by atoms with van der Waals surface area (Å²) in [6.45, 7) is 3.60. The van der Waals surface area contributed by atoms with E-state index < -0.39 is 0 Å². The molecule has 5 nitrogen and oxygen atoms in total. The molecule has 0 saturated carbocycles. The molecule has 0 atom stereocenters. The van der Waals surface area contributed by atoms with E-state index in [0.717, 1.165) is 23.8 Å². The molecule has 2 aromatic heterocycles. The Bertz CT molecular complexity index is 559. The molecule has 94 valence electrons. The fourth-order valence-corrected chi connectivity index (χ4v) is 3.08. The lowest BCUT2D eigenvalue weighted by atomic mass is 10.4. The molecule has 0 aromatic carbocycles. The van der Waals surface area contributed by atoms with Gasteiger partial charge in [0.25, 0.3) is 0 Å². The predicted octanol–water partition coefficient (Wildman–Crippen LogP) is 3.17. The van der Waals surface area contributed by atoms with E-state index >= 15 is 0 Å².